The molecule has 0 atom stereocenters. The van der Waals surface area contributed by atoms with E-state index in [0.29, 0.717) is 6.54 Å². The molecule has 110 valence electrons. The Kier molecular flexibility index (Phi) is 5.82. The highest BCUT2D eigenvalue weighted by Gasteiger charge is 2.19. The highest BCUT2D eigenvalue weighted by molar-refractivity contribution is 9.10. The number of rotatable bonds is 4. The first kappa shape index (κ1) is 15.6. The van der Waals surface area contributed by atoms with Crippen LogP contribution in [-0.4, -0.2) is 23.9 Å². The van der Waals surface area contributed by atoms with Crippen molar-refractivity contribution in [1.29, 1.82) is 5.26 Å². The van der Waals surface area contributed by atoms with E-state index in [-0.39, 0.29) is 11.5 Å². The molecule has 1 saturated heterocycles. The molecule has 0 aliphatic carbocycles. The number of hydrogen-bond acceptors (Lipinski definition) is 3. The van der Waals surface area contributed by atoms with Gasteiger partial charge in [-0.3, -0.25) is 4.79 Å². The summed E-state index contributed by atoms with van der Waals surface area (Å²) in [5.74, 6) is -0.170. The van der Waals surface area contributed by atoms with Crippen LogP contribution in [0.4, 0.5) is 0 Å². The van der Waals surface area contributed by atoms with E-state index in [1.54, 1.807) is 4.90 Å². The average molecular weight is 348 g/mol. The largest absolute Gasteiger partial charge is 0.386 e. The van der Waals surface area contributed by atoms with Gasteiger partial charge < -0.3 is 10.2 Å². The minimum atomic E-state index is -0.170. The molecule has 21 heavy (non-hydrogen) atoms. The van der Waals surface area contributed by atoms with Gasteiger partial charge >= 0.3 is 0 Å². The summed E-state index contributed by atoms with van der Waals surface area (Å²) in [5, 5.41) is 12.2. The lowest BCUT2D eigenvalue weighted by molar-refractivity contribution is -0.127. The van der Waals surface area contributed by atoms with Crippen LogP contribution in [0.25, 0.3) is 0 Å². The van der Waals surface area contributed by atoms with Crippen molar-refractivity contribution in [2.24, 2.45) is 0 Å². The summed E-state index contributed by atoms with van der Waals surface area (Å²) in [4.78, 5) is 14.0. The molecular formula is C16H18BrN3O. The average Bonchev–Trinajstić information content (AvgIpc) is 2.53. The van der Waals surface area contributed by atoms with Crippen molar-refractivity contribution in [3.05, 3.63) is 46.1 Å². The van der Waals surface area contributed by atoms with Crippen molar-refractivity contribution in [3.8, 4) is 6.07 Å². The van der Waals surface area contributed by atoms with Gasteiger partial charge in [0.15, 0.2) is 0 Å². The Balaban J connectivity index is 1.96. The number of nitriles is 1. The first-order valence-electron chi connectivity index (χ1n) is 7.08. The van der Waals surface area contributed by atoms with E-state index in [4.69, 9.17) is 5.26 Å². The third-order valence-corrected chi connectivity index (χ3v) is 4.26. The Labute approximate surface area is 133 Å². The lowest BCUT2D eigenvalue weighted by Gasteiger charge is -2.26. The first-order chi connectivity index (χ1) is 10.2. The van der Waals surface area contributed by atoms with Crippen molar-refractivity contribution in [1.82, 2.24) is 10.2 Å². The number of likely N-dealkylation sites (tertiary alicyclic amines) is 1. The summed E-state index contributed by atoms with van der Waals surface area (Å²) in [5.41, 5.74) is 1.25. The van der Waals surface area contributed by atoms with Crippen molar-refractivity contribution in [2.45, 2.75) is 25.8 Å². The topological polar surface area (TPSA) is 56.1 Å². The smallest absolute Gasteiger partial charge is 0.265 e. The maximum Gasteiger partial charge on any atom is 0.265 e. The number of nitrogens with zero attached hydrogens (tertiary/aromatic N) is 2. The van der Waals surface area contributed by atoms with Gasteiger partial charge in [-0.2, -0.15) is 5.26 Å². The van der Waals surface area contributed by atoms with Crippen molar-refractivity contribution in [3.63, 3.8) is 0 Å². The summed E-state index contributed by atoms with van der Waals surface area (Å²) in [7, 11) is 0. The summed E-state index contributed by atoms with van der Waals surface area (Å²) < 4.78 is 1.01. The Bertz CT molecular complexity index is 571. The van der Waals surface area contributed by atoms with Crippen molar-refractivity contribution < 1.29 is 4.79 Å². The Morgan fingerprint density at radius 2 is 2.05 bits per heavy atom. The molecule has 1 aliphatic heterocycles. The van der Waals surface area contributed by atoms with E-state index in [2.05, 4.69) is 21.2 Å². The molecule has 0 spiro atoms. The normalized spacial score (nSPS) is 15.4. The maximum absolute atomic E-state index is 12.2. The van der Waals surface area contributed by atoms with E-state index in [1.807, 2.05) is 30.3 Å². The van der Waals surface area contributed by atoms with Gasteiger partial charge in [0.25, 0.3) is 5.91 Å². The van der Waals surface area contributed by atoms with Crippen LogP contribution in [0.1, 0.15) is 24.8 Å². The van der Waals surface area contributed by atoms with E-state index in [0.717, 1.165) is 42.4 Å². The second-order valence-electron chi connectivity index (χ2n) is 4.99. The monoisotopic (exact) mass is 347 g/mol. The number of carbonyl (C=O) groups is 1. The predicted octanol–water partition coefficient (Wildman–Crippen LogP) is 2.96. The molecule has 1 N–H and O–H groups in total. The molecule has 0 saturated carbocycles. The molecule has 2 rings (SSSR count). The molecule has 1 aromatic carbocycles. The van der Waals surface area contributed by atoms with Gasteiger partial charge in [-0.05, 0) is 30.9 Å². The highest BCUT2D eigenvalue weighted by atomic mass is 79.9. The lowest BCUT2D eigenvalue weighted by atomic mass is 10.1. The minimum absolute atomic E-state index is 0.170. The molecule has 1 heterocycles. The number of carbonyl (C=O) groups excluding carboxylic acids is 1. The van der Waals surface area contributed by atoms with E-state index in [1.165, 1.54) is 6.20 Å². The van der Waals surface area contributed by atoms with Gasteiger partial charge in [0.1, 0.15) is 11.6 Å². The zero-order valence-corrected chi connectivity index (χ0v) is 13.4. The fraction of sp³-hybridized carbons (Fsp3) is 0.375. The fourth-order valence-corrected chi connectivity index (χ4v) is 2.74. The summed E-state index contributed by atoms with van der Waals surface area (Å²) >= 11 is 3.47. The number of hydrogen-bond donors (Lipinski definition) is 1. The van der Waals surface area contributed by atoms with E-state index in [9.17, 15) is 4.79 Å². The van der Waals surface area contributed by atoms with Crippen LogP contribution in [0, 0.1) is 11.3 Å². The predicted molar refractivity (Wildman–Crippen MR) is 85.1 cm³/mol. The highest BCUT2D eigenvalue weighted by Crippen LogP contribution is 2.15. The Hall–Kier alpha value is -1.80. The van der Waals surface area contributed by atoms with Crippen LogP contribution in [0.3, 0.4) is 0 Å². The van der Waals surface area contributed by atoms with Gasteiger partial charge in [-0.25, -0.2) is 0 Å². The van der Waals surface area contributed by atoms with Crippen LogP contribution in [0.2, 0.25) is 0 Å². The zero-order valence-electron chi connectivity index (χ0n) is 11.8. The summed E-state index contributed by atoms with van der Waals surface area (Å²) in [6.07, 6.45) is 4.73. The quantitative estimate of drug-likeness (QED) is 0.672. The van der Waals surface area contributed by atoms with E-state index >= 15 is 0 Å². The summed E-state index contributed by atoms with van der Waals surface area (Å²) in [6.45, 7) is 2.07. The van der Waals surface area contributed by atoms with Crippen LogP contribution in [0.15, 0.2) is 40.5 Å². The SMILES string of the molecule is N#C/C(=C/NCc1ccccc1Br)C(=O)N1CCCCC1. The number of piperidine rings is 1. The number of amides is 1. The number of nitrogens with one attached hydrogen (secondary N) is 1. The van der Waals surface area contributed by atoms with Gasteiger partial charge in [-0.15, -0.1) is 0 Å². The fourth-order valence-electron chi connectivity index (χ4n) is 2.31. The van der Waals surface area contributed by atoms with Crippen LogP contribution in [-0.2, 0) is 11.3 Å². The molecule has 0 aromatic heterocycles. The lowest BCUT2D eigenvalue weighted by Crippen LogP contribution is -2.36. The number of halogens is 1. The van der Waals surface area contributed by atoms with Crippen LogP contribution >= 0.6 is 15.9 Å². The van der Waals surface area contributed by atoms with E-state index < -0.39 is 0 Å². The van der Waals surface area contributed by atoms with Crippen LogP contribution in [0.5, 0.6) is 0 Å². The second-order valence-corrected chi connectivity index (χ2v) is 5.85. The zero-order chi connectivity index (χ0) is 15.1. The van der Waals surface area contributed by atoms with Crippen LogP contribution < -0.4 is 5.32 Å². The van der Waals surface area contributed by atoms with Gasteiger partial charge in [0.2, 0.25) is 0 Å². The Morgan fingerprint density at radius 1 is 1.33 bits per heavy atom. The third-order valence-electron chi connectivity index (χ3n) is 3.49. The summed E-state index contributed by atoms with van der Waals surface area (Å²) in [6, 6.07) is 9.85. The van der Waals surface area contributed by atoms with Crippen molar-refractivity contribution >= 4 is 21.8 Å². The maximum atomic E-state index is 12.2. The molecule has 0 unspecified atom stereocenters. The molecule has 1 fully saturated rings. The molecule has 5 heteroatoms. The van der Waals surface area contributed by atoms with Crippen molar-refractivity contribution in [2.75, 3.05) is 13.1 Å². The third kappa shape index (κ3) is 4.33. The minimum Gasteiger partial charge on any atom is -0.386 e. The second kappa shape index (κ2) is 7.84. The molecule has 1 amide bonds. The standard InChI is InChI=1S/C16H18BrN3O/c17-15-7-3-2-6-13(15)11-19-12-14(10-18)16(21)20-8-4-1-5-9-20/h2-3,6-7,12,19H,1,4-5,8-9,11H2/b14-12-. The molecule has 1 aromatic rings. The molecule has 1 aliphatic rings. The van der Waals surface area contributed by atoms with Gasteiger partial charge in [0.05, 0.1) is 0 Å². The van der Waals surface area contributed by atoms with Gasteiger partial charge in [0, 0.05) is 30.3 Å². The Morgan fingerprint density at radius 3 is 2.71 bits per heavy atom. The van der Waals surface area contributed by atoms with Gasteiger partial charge in [-0.1, -0.05) is 34.1 Å². The molecule has 4 nitrogen and oxygen atoms in total. The molecular weight excluding hydrogens is 330 g/mol. The molecule has 0 bridgehead atoms. The first-order valence-corrected chi connectivity index (χ1v) is 7.88. The number of benzene rings is 1. The molecule has 0 radical (unpaired) electrons.